The first kappa shape index (κ1) is 9.39. The Hall–Kier alpha value is -0.610. The number of carbonyl (C=O) groups is 1. The lowest BCUT2D eigenvalue weighted by Crippen LogP contribution is -2.44. The summed E-state index contributed by atoms with van der Waals surface area (Å²) in [6.07, 6.45) is -0.963. The third-order valence-electron chi connectivity index (χ3n) is 1.44. The fourth-order valence-electron chi connectivity index (χ4n) is 0.533. The minimum Gasteiger partial charge on any atom is -0.382 e. The molecule has 0 aromatic rings. The van der Waals surface area contributed by atoms with Gasteiger partial charge in [-0.2, -0.15) is 0 Å². The number of rotatable bonds is 3. The van der Waals surface area contributed by atoms with Gasteiger partial charge in [0.05, 0.1) is 0 Å². The fraction of sp³-hybridized carbons (Fsp3) is 0.833. The quantitative estimate of drug-likeness (QED) is 0.464. The minimum absolute atomic E-state index is 0.208. The van der Waals surface area contributed by atoms with E-state index in [9.17, 15) is 4.79 Å². The number of hydrogen-bond acceptors (Lipinski definition) is 3. The lowest BCUT2D eigenvalue weighted by Gasteiger charge is -2.15. The van der Waals surface area contributed by atoms with Crippen LogP contribution in [0.3, 0.4) is 0 Å². The lowest BCUT2D eigenvalue weighted by atomic mass is 10.2. The molecule has 0 aliphatic rings. The van der Waals surface area contributed by atoms with Crippen LogP contribution in [0.1, 0.15) is 6.92 Å². The zero-order valence-electron chi connectivity index (χ0n) is 6.51. The first-order chi connectivity index (χ1) is 4.63. The van der Waals surface area contributed by atoms with Gasteiger partial charge in [-0.15, -0.1) is 0 Å². The highest BCUT2D eigenvalue weighted by Gasteiger charge is 2.18. The van der Waals surface area contributed by atoms with Crippen LogP contribution in [0, 0.1) is 0 Å². The highest BCUT2D eigenvalue weighted by atomic mass is 16.3. The van der Waals surface area contributed by atoms with Crippen molar-refractivity contribution in [2.75, 3.05) is 14.1 Å². The van der Waals surface area contributed by atoms with Crippen LogP contribution in [0.15, 0.2) is 0 Å². The number of nitrogens with one attached hydrogen (secondary N) is 2. The number of hydrogen-bond donors (Lipinski definition) is 3. The van der Waals surface area contributed by atoms with Crippen LogP contribution in [0.25, 0.3) is 0 Å². The van der Waals surface area contributed by atoms with E-state index in [2.05, 4.69) is 10.6 Å². The summed E-state index contributed by atoms with van der Waals surface area (Å²) in [5.41, 5.74) is 0. The molecule has 0 heterocycles. The molecule has 0 fully saturated rings. The molecule has 4 nitrogen and oxygen atoms in total. The molecule has 1 amide bonds. The average Bonchev–Trinajstić information content (AvgIpc) is 2.00. The molecule has 1 unspecified atom stereocenters. The monoisotopic (exact) mass is 146 g/mol. The normalized spacial score (nSPS) is 16.0. The Bertz CT molecular complexity index is 116. The molecule has 0 rings (SSSR count). The standard InChI is InChI=1S/C6H14N2O2/c1-4(7-2)5(9)6(10)8-3/h4-5,7,9H,1-3H3,(H,8,10)/t4-,5?/m0/s1. The molecule has 0 aliphatic heterocycles. The highest BCUT2D eigenvalue weighted by Crippen LogP contribution is 1.90. The zero-order chi connectivity index (χ0) is 8.15. The van der Waals surface area contributed by atoms with Gasteiger partial charge in [-0.25, -0.2) is 0 Å². The SMILES string of the molecule is CNC(=O)C(O)[C@H](C)NC. The summed E-state index contributed by atoms with van der Waals surface area (Å²) in [7, 11) is 3.19. The smallest absolute Gasteiger partial charge is 0.250 e. The predicted molar refractivity (Wildman–Crippen MR) is 38.6 cm³/mol. The third-order valence-corrected chi connectivity index (χ3v) is 1.44. The maximum Gasteiger partial charge on any atom is 0.250 e. The van der Waals surface area contributed by atoms with E-state index in [-0.39, 0.29) is 11.9 Å². The van der Waals surface area contributed by atoms with Crippen molar-refractivity contribution in [3.63, 3.8) is 0 Å². The van der Waals surface area contributed by atoms with E-state index in [4.69, 9.17) is 5.11 Å². The molecule has 4 heteroatoms. The largest absolute Gasteiger partial charge is 0.382 e. The van der Waals surface area contributed by atoms with E-state index in [1.807, 2.05) is 0 Å². The fourth-order valence-corrected chi connectivity index (χ4v) is 0.533. The average molecular weight is 146 g/mol. The van der Waals surface area contributed by atoms with Crippen LogP contribution in [0.5, 0.6) is 0 Å². The number of amides is 1. The topological polar surface area (TPSA) is 61.4 Å². The molecule has 0 aromatic heterocycles. The van der Waals surface area contributed by atoms with Crippen molar-refractivity contribution in [1.82, 2.24) is 10.6 Å². The van der Waals surface area contributed by atoms with E-state index in [0.717, 1.165) is 0 Å². The Balaban J connectivity index is 3.81. The molecule has 0 saturated carbocycles. The summed E-state index contributed by atoms with van der Waals surface area (Å²) in [6.45, 7) is 1.74. The Labute approximate surface area is 60.6 Å². The van der Waals surface area contributed by atoms with E-state index >= 15 is 0 Å². The third kappa shape index (κ3) is 2.33. The van der Waals surface area contributed by atoms with Gasteiger partial charge in [0.1, 0.15) is 6.10 Å². The van der Waals surface area contributed by atoms with Gasteiger partial charge in [-0.1, -0.05) is 0 Å². The molecule has 0 saturated heterocycles. The lowest BCUT2D eigenvalue weighted by molar-refractivity contribution is -0.129. The first-order valence-electron chi connectivity index (χ1n) is 3.20. The molecule has 0 bridgehead atoms. The Morgan fingerprint density at radius 1 is 1.50 bits per heavy atom. The van der Waals surface area contributed by atoms with Crippen molar-refractivity contribution in [1.29, 1.82) is 0 Å². The second kappa shape index (κ2) is 4.24. The molecule has 0 aromatic carbocycles. The second-order valence-corrected chi connectivity index (χ2v) is 2.14. The highest BCUT2D eigenvalue weighted by molar-refractivity contribution is 5.80. The summed E-state index contributed by atoms with van der Waals surface area (Å²) in [6, 6.07) is -0.208. The van der Waals surface area contributed by atoms with Crippen molar-refractivity contribution in [2.45, 2.75) is 19.1 Å². The van der Waals surface area contributed by atoms with Gasteiger partial charge >= 0.3 is 0 Å². The minimum atomic E-state index is -0.963. The molecular formula is C6H14N2O2. The molecule has 10 heavy (non-hydrogen) atoms. The van der Waals surface area contributed by atoms with Crippen LogP contribution in [-0.2, 0) is 4.79 Å². The van der Waals surface area contributed by atoms with Crippen molar-refractivity contribution in [3.05, 3.63) is 0 Å². The molecule has 0 spiro atoms. The number of carbonyl (C=O) groups excluding carboxylic acids is 1. The first-order valence-corrected chi connectivity index (χ1v) is 3.20. The van der Waals surface area contributed by atoms with Gasteiger partial charge in [0.15, 0.2) is 0 Å². The van der Waals surface area contributed by atoms with Crippen LogP contribution >= 0.6 is 0 Å². The summed E-state index contributed by atoms with van der Waals surface area (Å²) >= 11 is 0. The number of likely N-dealkylation sites (N-methyl/N-ethyl adjacent to an activating group) is 2. The van der Waals surface area contributed by atoms with E-state index in [1.54, 1.807) is 14.0 Å². The molecule has 60 valence electrons. The Morgan fingerprint density at radius 3 is 2.30 bits per heavy atom. The maximum atomic E-state index is 10.7. The Kier molecular flexibility index (Phi) is 3.99. The molecule has 0 aliphatic carbocycles. The van der Waals surface area contributed by atoms with Crippen molar-refractivity contribution in [3.8, 4) is 0 Å². The molecule has 0 radical (unpaired) electrons. The Morgan fingerprint density at radius 2 is 2.00 bits per heavy atom. The molecule has 3 N–H and O–H groups in total. The molecular weight excluding hydrogens is 132 g/mol. The van der Waals surface area contributed by atoms with Crippen molar-refractivity contribution in [2.24, 2.45) is 0 Å². The number of aliphatic hydroxyl groups is 1. The van der Waals surface area contributed by atoms with Gasteiger partial charge in [-0.3, -0.25) is 4.79 Å². The van der Waals surface area contributed by atoms with E-state index < -0.39 is 6.10 Å². The van der Waals surface area contributed by atoms with Crippen LogP contribution in [-0.4, -0.2) is 37.3 Å². The van der Waals surface area contributed by atoms with Gasteiger partial charge in [0.2, 0.25) is 5.91 Å². The van der Waals surface area contributed by atoms with Crippen LogP contribution < -0.4 is 10.6 Å². The summed E-state index contributed by atoms with van der Waals surface area (Å²) in [5.74, 6) is -0.359. The summed E-state index contributed by atoms with van der Waals surface area (Å²) in [5, 5.41) is 14.2. The number of aliphatic hydroxyl groups excluding tert-OH is 1. The predicted octanol–water partition coefficient (Wildman–Crippen LogP) is -1.30. The van der Waals surface area contributed by atoms with Gasteiger partial charge < -0.3 is 15.7 Å². The molecule has 2 atom stereocenters. The van der Waals surface area contributed by atoms with E-state index in [0.29, 0.717) is 0 Å². The van der Waals surface area contributed by atoms with Crippen LogP contribution in [0.4, 0.5) is 0 Å². The van der Waals surface area contributed by atoms with Gasteiger partial charge in [-0.05, 0) is 14.0 Å². The van der Waals surface area contributed by atoms with Gasteiger partial charge in [0, 0.05) is 13.1 Å². The zero-order valence-corrected chi connectivity index (χ0v) is 6.51. The van der Waals surface area contributed by atoms with Crippen molar-refractivity contribution < 1.29 is 9.90 Å². The summed E-state index contributed by atoms with van der Waals surface area (Å²) in [4.78, 5) is 10.7. The van der Waals surface area contributed by atoms with Crippen molar-refractivity contribution >= 4 is 5.91 Å². The second-order valence-electron chi connectivity index (χ2n) is 2.14. The summed E-state index contributed by atoms with van der Waals surface area (Å²) < 4.78 is 0. The van der Waals surface area contributed by atoms with Crippen LogP contribution in [0.2, 0.25) is 0 Å². The maximum absolute atomic E-state index is 10.7. The van der Waals surface area contributed by atoms with Gasteiger partial charge in [0.25, 0.3) is 0 Å². The van der Waals surface area contributed by atoms with E-state index in [1.165, 1.54) is 7.05 Å².